The van der Waals surface area contributed by atoms with Gasteiger partial charge in [-0.2, -0.15) is 0 Å². The first-order chi connectivity index (χ1) is 18.5. The second-order valence-electron chi connectivity index (χ2n) is 11.8. The molecule has 0 atom stereocenters. The quantitative estimate of drug-likeness (QED) is 0.401. The third-order valence-electron chi connectivity index (χ3n) is 9.52. The number of rotatable bonds is 6. The van der Waals surface area contributed by atoms with Crippen molar-refractivity contribution in [3.8, 4) is 5.75 Å². The van der Waals surface area contributed by atoms with Gasteiger partial charge < -0.3 is 9.64 Å². The Labute approximate surface area is 222 Å². The second kappa shape index (κ2) is 8.69. The maximum atomic E-state index is 14.5. The topological polar surface area (TPSA) is 66.9 Å². The minimum atomic E-state index is -0.357. The summed E-state index contributed by atoms with van der Waals surface area (Å²) in [4.78, 5) is 44.8. The maximum Gasteiger partial charge on any atom is 0.261 e. The third kappa shape index (κ3) is 3.49. The fraction of sp³-hybridized carbons (Fsp3) is 0.406. The molecule has 4 fully saturated rings. The van der Waals surface area contributed by atoms with Crippen molar-refractivity contribution in [2.75, 3.05) is 25.1 Å². The Morgan fingerprint density at radius 2 is 1.45 bits per heavy atom. The molecule has 6 nitrogen and oxygen atoms in total. The Balaban J connectivity index is 1.23. The highest BCUT2D eigenvalue weighted by Gasteiger charge is 2.56. The van der Waals surface area contributed by atoms with Crippen molar-refractivity contribution in [2.45, 2.75) is 38.5 Å². The van der Waals surface area contributed by atoms with Crippen LogP contribution in [-0.4, -0.2) is 42.8 Å². The maximum absolute atomic E-state index is 14.5. The Kier molecular flexibility index (Phi) is 5.36. The molecule has 194 valence electrons. The Bertz CT molecular complexity index is 1390. The Hall–Kier alpha value is -3.67. The summed E-state index contributed by atoms with van der Waals surface area (Å²) >= 11 is 0. The molecule has 3 aromatic carbocycles. The van der Waals surface area contributed by atoms with Crippen LogP contribution < -0.4 is 9.64 Å². The summed E-state index contributed by atoms with van der Waals surface area (Å²) in [6.07, 6.45) is 6.59. The summed E-state index contributed by atoms with van der Waals surface area (Å²) in [6.45, 7) is 0.356. The van der Waals surface area contributed by atoms with Crippen molar-refractivity contribution in [1.29, 1.82) is 0 Å². The van der Waals surface area contributed by atoms with Crippen LogP contribution in [0, 0.1) is 23.2 Å². The number of methoxy groups -OCH3 is 1. The van der Waals surface area contributed by atoms with Gasteiger partial charge in [0.2, 0.25) is 5.91 Å². The van der Waals surface area contributed by atoms with Gasteiger partial charge in [0.15, 0.2) is 0 Å². The lowest BCUT2D eigenvalue weighted by molar-refractivity contribution is -0.143. The van der Waals surface area contributed by atoms with E-state index < -0.39 is 0 Å². The van der Waals surface area contributed by atoms with Crippen LogP contribution in [0.3, 0.4) is 0 Å². The van der Waals surface area contributed by atoms with Crippen LogP contribution in [0.4, 0.5) is 5.69 Å². The van der Waals surface area contributed by atoms with Gasteiger partial charge in [-0.1, -0.05) is 36.4 Å². The minimum Gasteiger partial charge on any atom is -0.495 e. The molecule has 0 radical (unpaired) electrons. The minimum absolute atomic E-state index is 0.124. The van der Waals surface area contributed by atoms with E-state index in [1.807, 2.05) is 53.4 Å². The zero-order valence-electron chi connectivity index (χ0n) is 21.7. The Morgan fingerprint density at radius 3 is 2.03 bits per heavy atom. The SMILES string of the molecule is COc1ccccc1N(CCN1C(=O)c2cccc3cccc(c23)C1=O)C(=O)C12CC3CC(CC(C3)C1)C2. The molecule has 3 amide bonds. The molecule has 0 N–H and O–H groups in total. The number of amides is 3. The largest absolute Gasteiger partial charge is 0.495 e. The van der Waals surface area contributed by atoms with Gasteiger partial charge >= 0.3 is 0 Å². The van der Waals surface area contributed by atoms with E-state index in [1.54, 1.807) is 19.2 Å². The fourth-order valence-electron chi connectivity index (χ4n) is 8.33. The fourth-order valence-corrected chi connectivity index (χ4v) is 8.33. The number of carbonyl (C=O) groups excluding carboxylic acids is 3. The van der Waals surface area contributed by atoms with Crippen LogP contribution in [0.1, 0.15) is 59.2 Å². The standard InChI is InChI=1S/C32H32N2O4/c1-38-27-11-3-2-10-26(27)33(31(37)32-17-20-14-21(18-32)16-22(15-20)19-32)12-13-34-29(35)24-8-4-6-23-7-5-9-25(28(23)24)30(34)36/h2-11,20-22H,12-19H2,1H3. The van der Waals surface area contributed by atoms with Crippen LogP contribution >= 0.6 is 0 Å². The van der Waals surface area contributed by atoms with Crippen molar-refractivity contribution in [3.05, 3.63) is 71.8 Å². The molecule has 6 heteroatoms. The first-order valence-corrected chi connectivity index (χ1v) is 13.8. The molecule has 38 heavy (non-hydrogen) atoms. The number of hydrogen-bond acceptors (Lipinski definition) is 4. The molecule has 5 aliphatic rings. The van der Waals surface area contributed by atoms with E-state index in [9.17, 15) is 14.4 Å². The van der Waals surface area contributed by atoms with E-state index in [4.69, 9.17) is 4.74 Å². The van der Waals surface area contributed by atoms with Crippen molar-refractivity contribution in [1.82, 2.24) is 4.90 Å². The van der Waals surface area contributed by atoms with Crippen molar-refractivity contribution < 1.29 is 19.1 Å². The highest BCUT2D eigenvalue weighted by atomic mass is 16.5. The van der Waals surface area contributed by atoms with E-state index in [1.165, 1.54) is 24.2 Å². The second-order valence-corrected chi connectivity index (χ2v) is 11.8. The predicted octanol–water partition coefficient (Wildman–Crippen LogP) is 5.69. The summed E-state index contributed by atoms with van der Waals surface area (Å²) in [5, 5.41) is 1.60. The molecule has 1 aliphatic heterocycles. The lowest BCUT2D eigenvalue weighted by Crippen LogP contribution is -2.56. The van der Waals surface area contributed by atoms with Gasteiger partial charge in [0.25, 0.3) is 11.8 Å². The van der Waals surface area contributed by atoms with E-state index in [0.717, 1.165) is 24.6 Å². The van der Waals surface area contributed by atoms with Crippen LogP contribution in [0.25, 0.3) is 10.8 Å². The van der Waals surface area contributed by atoms with Crippen LogP contribution in [-0.2, 0) is 4.79 Å². The summed E-state index contributed by atoms with van der Waals surface area (Å²) in [6, 6.07) is 18.7. The molecule has 3 aromatic rings. The zero-order valence-corrected chi connectivity index (χ0v) is 21.7. The van der Waals surface area contributed by atoms with Gasteiger partial charge in [0, 0.05) is 29.6 Å². The average molecular weight is 509 g/mol. The van der Waals surface area contributed by atoms with Crippen molar-refractivity contribution in [3.63, 3.8) is 0 Å². The number of imide groups is 1. The van der Waals surface area contributed by atoms with Gasteiger partial charge in [0.1, 0.15) is 5.75 Å². The van der Waals surface area contributed by atoms with Crippen molar-refractivity contribution >= 4 is 34.2 Å². The lowest BCUT2D eigenvalue weighted by Gasteiger charge is -2.56. The number of ether oxygens (including phenoxy) is 1. The third-order valence-corrected chi connectivity index (χ3v) is 9.52. The molecule has 0 saturated heterocycles. The molecule has 0 aromatic heterocycles. The number of carbonyl (C=O) groups is 3. The number of hydrogen-bond donors (Lipinski definition) is 0. The smallest absolute Gasteiger partial charge is 0.261 e. The van der Waals surface area contributed by atoms with Gasteiger partial charge in [-0.15, -0.1) is 0 Å². The van der Waals surface area contributed by atoms with Crippen LogP contribution in [0.5, 0.6) is 5.75 Å². The van der Waals surface area contributed by atoms with Gasteiger partial charge in [-0.05, 0) is 85.9 Å². The van der Waals surface area contributed by atoms with Crippen LogP contribution in [0.2, 0.25) is 0 Å². The van der Waals surface area contributed by atoms with Gasteiger partial charge in [-0.25, -0.2) is 0 Å². The lowest BCUT2D eigenvalue weighted by atomic mass is 9.49. The highest BCUT2D eigenvalue weighted by Crippen LogP contribution is 2.61. The molecular formula is C32H32N2O4. The highest BCUT2D eigenvalue weighted by molar-refractivity contribution is 6.25. The first kappa shape index (κ1) is 23.4. The summed E-state index contributed by atoms with van der Waals surface area (Å²) < 4.78 is 5.67. The zero-order chi connectivity index (χ0) is 26.0. The van der Waals surface area contributed by atoms with Crippen molar-refractivity contribution in [2.24, 2.45) is 23.2 Å². The number of benzene rings is 3. The van der Waals surface area contributed by atoms with Gasteiger partial charge in [0.05, 0.1) is 18.2 Å². The monoisotopic (exact) mass is 508 g/mol. The normalized spacial score (nSPS) is 27.2. The first-order valence-electron chi connectivity index (χ1n) is 13.8. The Morgan fingerprint density at radius 1 is 0.868 bits per heavy atom. The van der Waals surface area contributed by atoms with E-state index in [-0.39, 0.29) is 36.2 Å². The number of nitrogens with zero attached hydrogens (tertiary/aromatic N) is 2. The summed E-state index contributed by atoms with van der Waals surface area (Å²) in [7, 11) is 1.61. The molecular weight excluding hydrogens is 476 g/mol. The number of anilines is 1. The van der Waals surface area contributed by atoms with Gasteiger partial charge in [-0.3, -0.25) is 19.3 Å². The summed E-state index contributed by atoms with van der Waals surface area (Å²) in [5.74, 6) is 2.03. The molecule has 0 spiro atoms. The van der Waals surface area contributed by atoms with E-state index in [0.29, 0.717) is 45.7 Å². The summed E-state index contributed by atoms with van der Waals surface area (Å²) in [5.41, 5.74) is 1.42. The van der Waals surface area contributed by atoms with E-state index >= 15 is 0 Å². The molecule has 8 rings (SSSR count). The predicted molar refractivity (Wildman–Crippen MR) is 145 cm³/mol. The molecule has 4 aliphatic carbocycles. The molecule has 4 saturated carbocycles. The molecule has 4 bridgehead atoms. The molecule has 0 unspecified atom stereocenters. The van der Waals surface area contributed by atoms with E-state index in [2.05, 4.69) is 0 Å². The average Bonchev–Trinajstić information content (AvgIpc) is 2.92. The number of para-hydroxylation sites is 2. The van der Waals surface area contributed by atoms with Crippen LogP contribution in [0.15, 0.2) is 60.7 Å². The molecule has 1 heterocycles.